The van der Waals surface area contributed by atoms with Crippen LogP contribution in [0.4, 0.5) is 11.5 Å². The first-order valence-corrected chi connectivity index (χ1v) is 6.86. The van der Waals surface area contributed by atoms with Crippen LogP contribution in [0.1, 0.15) is 25.7 Å². The molecule has 6 heteroatoms. The summed E-state index contributed by atoms with van der Waals surface area (Å²) in [5.41, 5.74) is 0.0664. The normalized spacial score (nSPS) is 26.9. The summed E-state index contributed by atoms with van der Waals surface area (Å²) in [7, 11) is 0. The van der Waals surface area contributed by atoms with Crippen LogP contribution >= 0.6 is 0 Å². The fraction of sp³-hybridized carbons (Fsp3) is 0.615. The minimum absolute atomic E-state index is 0.0664. The molecule has 3 heterocycles. The Balaban J connectivity index is 1.76. The van der Waals surface area contributed by atoms with Gasteiger partial charge in [-0.1, -0.05) is 6.42 Å². The Morgan fingerprint density at radius 3 is 3.11 bits per heavy atom. The third-order valence-electron chi connectivity index (χ3n) is 4.16. The average Bonchev–Trinajstić information content (AvgIpc) is 2.83. The fourth-order valence-corrected chi connectivity index (χ4v) is 3.25. The van der Waals surface area contributed by atoms with E-state index in [4.69, 9.17) is 0 Å². The molecular formula is C13H18N4O2. The number of rotatable bonds is 3. The first-order chi connectivity index (χ1) is 9.25. The highest BCUT2D eigenvalue weighted by molar-refractivity contribution is 5.56. The Kier molecular flexibility index (Phi) is 3.33. The highest BCUT2D eigenvalue weighted by atomic mass is 16.6. The van der Waals surface area contributed by atoms with Crippen molar-refractivity contribution >= 4 is 11.5 Å². The summed E-state index contributed by atoms with van der Waals surface area (Å²) in [6, 6.07) is 3.90. The fourth-order valence-electron chi connectivity index (χ4n) is 3.25. The van der Waals surface area contributed by atoms with Gasteiger partial charge in [-0.05, 0) is 31.9 Å². The van der Waals surface area contributed by atoms with Gasteiger partial charge in [0.1, 0.15) is 0 Å². The van der Waals surface area contributed by atoms with E-state index in [9.17, 15) is 10.1 Å². The topological polar surface area (TPSA) is 71.3 Å². The zero-order valence-corrected chi connectivity index (χ0v) is 10.8. The van der Waals surface area contributed by atoms with Crippen molar-refractivity contribution in [2.45, 2.75) is 37.8 Å². The molecule has 2 saturated heterocycles. The Hall–Kier alpha value is -1.69. The predicted octanol–water partition coefficient (Wildman–Crippen LogP) is 2.03. The highest BCUT2D eigenvalue weighted by Crippen LogP contribution is 2.31. The summed E-state index contributed by atoms with van der Waals surface area (Å²) < 4.78 is 0. The van der Waals surface area contributed by atoms with Gasteiger partial charge in [0.2, 0.25) is 5.82 Å². The number of fused-ring (bicyclic) bond motifs is 1. The molecule has 0 aliphatic carbocycles. The van der Waals surface area contributed by atoms with Gasteiger partial charge in [-0.25, -0.2) is 4.98 Å². The van der Waals surface area contributed by atoms with E-state index in [1.807, 2.05) is 0 Å². The van der Waals surface area contributed by atoms with Crippen molar-refractivity contribution in [3.63, 3.8) is 0 Å². The lowest BCUT2D eigenvalue weighted by Gasteiger charge is -2.32. The van der Waals surface area contributed by atoms with Crippen molar-refractivity contribution in [3.05, 3.63) is 28.4 Å². The second kappa shape index (κ2) is 5.13. The van der Waals surface area contributed by atoms with Crippen LogP contribution in [-0.4, -0.2) is 40.0 Å². The average molecular weight is 262 g/mol. The van der Waals surface area contributed by atoms with Crippen LogP contribution < -0.4 is 5.32 Å². The molecule has 3 rings (SSSR count). The number of anilines is 1. The molecule has 2 aliphatic heterocycles. The summed E-state index contributed by atoms with van der Waals surface area (Å²) in [6.45, 7) is 2.25. The van der Waals surface area contributed by atoms with Gasteiger partial charge in [0.15, 0.2) is 0 Å². The maximum Gasteiger partial charge on any atom is 0.311 e. The first kappa shape index (κ1) is 12.3. The van der Waals surface area contributed by atoms with Crippen LogP contribution in [0.15, 0.2) is 18.3 Å². The molecule has 0 unspecified atom stereocenters. The molecule has 102 valence electrons. The van der Waals surface area contributed by atoms with E-state index in [-0.39, 0.29) is 16.7 Å². The van der Waals surface area contributed by atoms with Crippen LogP contribution in [0.2, 0.25) is 0 Å². The number of nitrogens with zero attached hydrogens (tertiary/aromatic N) is 3. The first-order valence-electron chi connectivity index (χ1n) is 6.86. The van der Waals surface area contributed by atoms with Crippen molar-refractivity contribution in [1.82, 2.24) is 9.88 Å². The molecule has 0 saturated carbocycles. The van der Waals surface area contributed by atoms with Gasteiger partial charge in [0, 0.05) is 30.9 Å². The van der Waals surface area contributed by atoms with Gasteiger partial charge in [-0.15, -0.1) is 0 Å². The molecule has 1 aromatic rings. The Labute approximate surface area is 112 Å². The predicted molar refractivity (Wildman–Crippen MR) is 72.1 cm³/mol. The molecule has 2 fully saturated rings. The van der Waals surface area contributed by atoms with Gasteiger partial charge in [0.25, 0.3) is 0 Å². The number of hydrogen-bond acceptors (Lipinski definition) is 5. The van der Waals surface area contributed by atoms with Crippen LogP contribution in [0.3, 0.4) is 0 Å². The number of nitrogens with one attached hydrogen (secondary N) is 1. The number of aromatic nitrogens is 1. The van der Waals surface area contributed by atoms with Crippen LogP contribution in [0.25, 0.3) is 0 Å². The largest absolute Gasteiger partial charge is 0.360 e. The molecule has 6 nitrogen and oxygen atoms in total. The second-order valence-electron chi connectivity index (χ2n) is 5.27. The smallest absolute Gasteiger partial charge is 0.311 e. The highest BCUT2D eigenvalue weighted by Gasteiger charge is 2.36. The molecule has 0 radical (unpaired) electrons. The van der Waals surface area contributed by atoms with E-state index >= 15 is 0 Å². The monoisotopic (exact) mass is 262 g/mol. The van der Waals surface area contributed by atoms with E-state index in [0.717, 1.165) is 19.5 Å². The molecular weight excluding hydrogens is 244 g/mol. The lowest BCUT2D eigenvalue weighted by Crippen LogP contribution is -2.41. The molecule has 0 amide bonds. The molecule has 0 aromatic carbocycles. The van der Waals surface area contributed by atoms with Gasteiger partial charge in [-0.3, -0.25) is 15.0 Å². The van der Waals surface area contributed by atoms with Crippen LogP contribution in [0, 0.1) is 10.1 Å². The van der Waals surface area contributed by atoms with Crippen molar-refractivity contribution < 1.29 is 4.92 Å². The maximum absolute atomic E-state index is 11.0. The lowest BCUT2D eigenvalue weighted by atomic mass is 9.99. The van der Waals surface area contributed by atoms with E-state index < -0.39 is 0 Å². The van der Waals surface area contributed by atoms with Crippen molar-refractivity contribution in [2.24, 2.45) is 0 Å². The number of piperidine rings is 1. The summed E-state index contributed by atoms with van der Waals surface area (Å²) in [6.07, 6.45) is 6.34. The standard InChI is InChI=1S/C13H18N4O2/c18-17(19)12-5-3-7-14-13(12)15-10-6-9-16-8-2-1-4-11(10)16/h3,5,7,10-11H,1-2,4,6,8-9H2,(H,14,15)/t10-,11+/m0/s1. The SMILES string of the molecule is O=[N+]([O-])c1cccnc1N[C@H]1CCN2CCCC[C@H]12. The third kappa shape index (κ3) is 2.40. The van der Waals surface area contributed by atoms with Gasteiger partial charge < -0.3 is 5.32 Å². The lowest BCUT2D eigenvalue weighted by molar-refractivity contribution is -0.384. The molecule has 2 aliphatic rings. The third-order valence-corrected chi connectivity index (χ3v) is 4.16. The second-order valence-corrected chi connectivity index (χ2v) is 5.27. The van der Waals surface area contributed by atoms with Crippen molar-refractivity contribution in [2.75, 3.05) is 18.4 Å². The van der Waals surface area contributed by atoms with Crippen molar-refractivity contribution in [3.8, 4) is 0 Å². The van der Waals surface area contributed by atoms with Gasteiger partial charge in [0.05, 0.1) is 4.92 Å². The van der Waals surface area contributed by atoms with Gasteiger partial charge >= 0.3 is 5.69 Å². The Morgan fingerprint density at radius 1 is 1.37 bits per heavy atom. The minimum atomic E-state index is -0.372. The number of nitro groups is 1. The van der Waals surface area contributed by atoms with Crippen molar-refractivity contribution in [1.29, 1.82) is 0 Å². The van der Waals surface area contributed by atoms with E-state index in [2.05, 4.69) is 15.2 Å². The molecule has 0 bridgehead atoms. The van der Waals surface area contributed by atoms with E-state index in [1.54, 1.807) is 12.3 Å². The number of pyridine rings is 1. The Bertz CT molecular complexity index is 479. The summed E-state index contributed by atoms with van der Waals surface area (Å²) in [5.74, 6) is 0.407. The van der Waals surface area contributed by atoms with E-state index in [0.29, 0.717) is 11.9 Å². The molecule has 2 atom stereocenters. The van der Waals surface area contributed by atoms with E-state index in [1.165, 1.54) is 25.3 Å². The molecule has 1 aromatic heterocycles. The number of hydrogen-bond donors (Lipinski definition) is 1. The Morgan fingerprint density at radius 2 is 2.26 bits per heavy atom. The summed E-state index contributed by atoms with van der Waals surface area (Å²) in [4.78, 5) is 17.2. The zero-order chi connectivity index (χ0) is 13.2. The molecule has 1 N–H and O–H groups in total. The molecule has 0 spiro atoms. The van der Waals surface area contributed by atoms with Gasteiger partial charge in [-0.2, -0.15) is 0 Å². The maximum atomic E-state index is 11.0. The quantitative estimate of drug-likeness (QED) is 0.666. The van der Waals surface area contributed by atoms with Crippen LogP contribution in [-0.2, 0) is 0 Å². The van der Waals surface area contributed by atoms with Crippen LogP contribution in [0.5, 0.6) is 0 Å². The molecule has 19 heavy (non-hydrogen) atoms. The summed E-state index contributed by atoms with van der Waals surface area (Å²) in [5, 5.41) is 14.3. The zero-order valence-electron chi connectivity index (χ0n) is 10.8. The minimum Gasteiger partial charge on any atom is -0.360 e. The summed E-state index contributed by atoms with van der Waals surface area (Å²) >= 11 is 0.